The number of carbonyl (C=O) groups is 1. The second-order valence-corrected chi connectivity index (χ2v) is 23.8. The summed E-state index contributed by atoms with van der Waals surface area (Å²) in [5.74, 6) is -0.191. The van der Waals surface area contributed by atoms with Gasteiger partial charge in [0.05, 0.1) is 39.9 Å². The van der Waals surface area contributed by atoms with Crippen LogP contribution in [-0.2, 0) is 18.4 Å². The fraction of sp³-hybridized carbons (Fsp3) is 0.721. The molecular weight excluding hydrogens is 972 g/mol. The first-order chi connectivity index (χ1) is 37.5. The predicted molar refractivity (Wildman–Crippen MR) is 336 cm³/mol. The molecule has 3 unspecified atom stereocenters. The Morgan fingerprint density at radius 3 is 1.19 bits per heavy atom. The number of unbranched alkanes of at least 4 members (excludes halogenated alkanes) is 28. The molecule has 0 aromatic rings. The van der Waals surface area contributed by atoms with Gasteiger partial charge in [-0.15, -0.1) is 0 Å². The summed E-state index contributed by atoms with van der Waals surface area (Å²) >= 11 is 0. The number of quaternary nitrogens is 1. The van der Waals surface area contributed by atoms with E-state index in [-0.39, 0.29) is 19.1 Å². The van der Waals surface area contributed by atoms with E-state index in [1.54, 1.807) is 6.08 Å². The Morgan fingerprint density at radius 2 is 0.792 bits per heavy atom. The Labute approximate surface area is 476 Å². The molecule has 3 atom stereocenters. The molecule has 444 valence electrons. The van der Waals surface area contributed by atoms with Gasteiger partial charge in [-0.1, -0.05) is 271 Å². The van der Waals surface area contributed by atoms with E-state index >= 15 is 0 Å². The van der Waals surface area contributed by atoms with E-state index in [9.17, 15) is 19.4 Å². The van der Waals surface area contributed by atoms with Crippen LogP contribution < -0.4 is 5.32 Å². The van der Waals surface area contributed by atoms with Crippen LogP contribution in [0.2, 0.25) is 0 Å². The van der Waals surface area contributed by atoms with Crippen molar-refractivity contribution in [1.29, 1.82) is 0 Å². The van der Waals surface area contributed by atoms with Gasteiger partial charge in [0.2, 0.25) is 5.91 Å². The van der Waals surface area contributed by atoms with Crippen molar-refractivity contribution in [3.05, 3.63) is 109 Å². The minimum absolute atomic E-state index is 0.0512. The molecule has 1 amide bonds. The number of amides is 1. The summed E-state index contributed by atoms with van der Waals surface area (Å²) in [6, 6.07) is -0.872. The van der Waals surface area contributed by atoms with Crippen LogP contribution in [0.4, 0.5) is 0 Å². The Balaban J connectivity index is 3.94. The molecule has 0 saturated carbocycles. The van der Waals surface area contributed by atoms with Crippen molar-refractivity contribution in [3.8, 4) is 0 Å². The minimum atomic E-state index is -4.36. The van der Waals surface area contributed by atoms with Crippen LogP contribution in [0.25, 0.3) is 0 Å². The number of carbonyl (C=O) groups excluding carboxylic acids is 1. The third kappa shape index (κ3) is 60.6. The van der Waals surface area contributed by atoms with E-state index in [2.05, 4.69) is 116 Å². The minimum Gasteiger partial charge on any atom is -0.387 e. The highest BCUT2D eigenvalue weighted by Gasteiger charge is 2.27. The number of hydrogen-bond donors (Lipinski definition) is 3. The molecule has 3 N–H and O–H groups in total. The highest BCUT2D eigenvalue weighted by Crippen LogP contribution is 2.43. The SMILES string of the molecule is CC/C=C\C/C=C\C/C=C\C/C=C\C/C=C\C/C=C\CCCCCCCCCCCCCCCCCCCCCCCCC(=O)NC(COP(=O)(O)OCC[N+](C)(C)C)C(O)/C=C/CC/C=C/CC/C=C/CCCCCC. The fourth-order valence-corrected chi connectivity index (χ4v) is 9.52. The lowest BCUT2D eigenvalue weighted by atomic mass is 10.0. The lowest BCUT2D eigenvalue weighted by molar-refractivity contribution is -0.870. The van der Waals surface area contributed by atoms with E-state index in [4.69, 9.17) is 9.05 Å². The third-order valence-corrected chi connectivity index (χ3v) is 14.7. The molecule has 0 fully saturated rings. The standard InChI is InChI=1S/C68H121N2O6P/c1-6-8-10-12-14-16-18-20-22-23-24-25-26-27-28-29-30-31-32-33-34-35-36-37-38-39-40-41-42-43-44-45-46-47-48-50-52-54-56-58-60-62-68(72)69-66(65-76-77(73,74)75-64-63-70(3,4)5)67(71)61-59-57-55-53-51-49-21-19-17-15-13-11-9-7-2/h8,10,14,16-17,19-20,22,24-25,27-28,30-31,51,53,59,61,66-67,71H,6-7,9,11-13,15,18,21,23,26,29,32-50,52,54-58,60,62-65H2,1-5H3,(H-,69,72,73,74)/p+1/b10-8-,16-14-,19-17+,22-20-,25-24-,28-27-,31-30-,53-51+,61-59+. The lowest BCUT2D eigenvalue weighted by Crippen LogP contribution is -2.45. The molecule has 0 bridgehead atoms. The maximum absolute atomic E-state index is 13.0. The van der Waals surface area contributed by atoms with Gasteiger partial charge in [0, 0.05) is 6.42 Å². The van der Waals surface area contributed by atoms with Crippen LogP contribution in [0.1, 0.15) is 264 Å². The summed E-state index contributed by atoms with van der Waals surface area (Å²) in [6.07, 6.45) is 85.2. The molecule has 0 aliphatic rings. The molecule has 0 heterocycles. The monoisotopic (exact) mass is 1090 g/mol. The molecule has 0 radical (unpaired) electrons. The zero-order valence-electron chi connectivity index (χ0n) is 50.7. The number of nitrogens with zero attached hydrogens (tertiary/aromatic N) is 1. The summed E-state index contributed by atoms with van der Waals surface area (Å²) in [6.45, 7) is 4.65. The molecule has 0 aliphatic heterocycles. The Kier molecular flexibility index (Phi) is 55.7. The lowest BCUT2D eigenvalue weighted by Gasteiger charge is -2.25. The van der Waals surface area contributed by atoms with Gasteiger partial charge in [0.15, 0.2) is 0 Å². The highest BCUT2D eigenvalue weighted by atomic mass is 31.2. The van der Waals surface area contributed by atoms with Crippen molar-refractivity contribution >= 4 is 13.7 Å². The largest absolute Gasteiger partial charge is 0.472 e. The van der Waals surface area contributed by atoms with E-state index in [1.165, 1.54) is 161 Å². The van der Waals surface area contributed by atoms with Gasteiger partial charge < -0.3 is 19.8 Å². The highest BCUT2D eigenvalue weighted by molar-refractivity contribution is 7.47. The van der Waals surface area contributed by atoms with Crippen LogP contribution in [0.5, 0.6) is 0 Å². The molecule has 0 spiro atoms. The van der Waals surface area contributed by atoms with Gasteiger partial charge in [0.25, 0.3) is 0 Å². The zero-order chi connectivity index (χ0) is 56.3. The number of likely N-dealkylation sites (N-methyl/N-ethyl adjacent to an activating group) is 1. The summed E-state index contributed by atoms with van der Waals surface area (Å²) in [5, 5.41) is 13.9. The fourth-order valence-electron chi connectivity index (χ4n) is 8.78. The van der Waals surface area contributed by atoms with Crippen LogP contribution in [0, 0.1) is 0 Å². The van der Waals surface area contributed by atoms with Crippen molar-refractivity contribution in [2.45, 2.75) is 276 Å². The molecule has 77 heavy (non-hydrogen) atoms. The number of rotatable bonds is 57. The first kappa shape index (κ1) is 74.2. The van der Waals surface area contributed by atoms with Crippen LogP contribution >= 0.6 is 7.82 Å². The summed E-state index contributed by atoms with van der Waals surface area (Å²) < 4.78 is 23.7. The van der Waals surface area contributed by atoms with E-state index in [0.29, 0.717) is 17.4 Å². The van der Waals surface area contributed by atoms with E-state index in [0.717, 1.165) is 83.5 Å². The number of nitrogens with one attached hydrogen (secondary N) is 1. The first-order valence-electron chi connectivity index (χ1n) is 31.8. The number of aliphatic hydroxyl groups is 1. The summed E-state index contributed by atoms with van der Waals surface area (Å²) in [7, 11) is 1.54. The number of hydrogen-bond acceptors (Lipinski definition) is 5. The Morgan fingerprint density at radius 1 is 0.455 bits per heavy atom. The Bertz CT molecular complexity index is 1620. The average Bonchev–Trinajstić information content (AvgIpc) is 3.39. The smallest absolute Gasteiger partial charge is 0.387 e. The van der Waals surface area contributed by atoms with E-state index in [1.807, 2.05) is 27.2 Å². The molecule has 0 aromatic heterocycles. The maximum Gasteiger partial charge on any atom is 0.472 e. The van der Waals surface area contributed by atoms with Crippen molar-refractivity contribution in [2.75, 3.05) is 40.9 Å². The van der Waals surface area contributed by atoms with Gasteiger partial charge in [-0.2, -0.15) is 0 Å². The third-order valence-electron chi connectivity index (χ3n) is 13.7. The van der Waals surface area contributed by atoms with Gasteiger partial charge in [-0.05, 0) is 96.3 Å². The van der Waals surface area contributed by atoms with Gasteiger partial charge in [-0.3, -0.25) is 13.8 Å². The van der Waals surface area contributed by atoms with Crippen LogP contribution in [0.3, 0.4) is 0 Å². The predicted octanol–water partition coefficient (Wildman–Crippen LogP) is 19.9. The van der Waals surface area contributed by atoms with Gasteiger partial charge >= 0.3 is 7.82 Å². The second kappa shape index (κ2) is 57.8. The quantitative estimate of drug-likeness (QED) is 0.0243. The number of phosphoric acid groups is 1. The maximum atomic E-state index is 13.0. The number of allylic oxidation sites excluding steroid dienone is 17. The van der Waals surface area contributed by atoms with Crippen molar-refractivity contribution < 1.29 is 32.9 Å². The summed E-state index contributed by atoms with van der Waals surface area (Å²) in [4.78, 5) is 23.3. The van der Waals surface area contributed by atoms with Crippen molar-refractivity contribution in [1.82, 2.24) is 5.32 Å². The van der Waals surface area contributed by atoms with Crippen molar-refractivity contribution in [2.24, 2.45) is 0 Å². The molecule has 0 rings (SSSR count). The topological polar surface area (TPSA) is 105 Å². The normalized spacial score (nSPS) is 14.5. The molecular formula is C68H122N2O6P+. The zero-order valence-corrected chi connectivity index (χ0v) is 51.6. The molecule has 0 aromatic carbocycles. The van der Waals surface area contributed by atoms with Gasteiger partial charge in [-0.25, -0.2) is 4.57 Å². The van der Waals surface area contributed by atoms with Crippen molar-refractivity contribution in [3.63, 3.8) is 0 Å². The molecule has 9 heteroatoms. The van der Waals surface area contributed by atoms with Crippen LogP contribution in [-0.4, -0.2) is 73.4 Å². The molecule has 0 saturated heterocycles. The van der Waals surface area contributed by atoms with Gasteiger partial charge in [0.1, 0.15) is 13.2 Å². The molecule has 8 nitrogen and oxygen atoms in total. The second-order valence-electron chi connectivity index (χ2n) is 22.4. The average molecular weight is 1090 g/mol. The number of phosphoric ester groups is 1. The first-order valence-corrected chi connectivity index (χ1v) is 33.3. The summed E-state index contributed by atoms with van der Waals surface area (Å²) in [5.41, 5.74) is 0. The number of aliphatic hydroxyl groups excluding tert-OH is 1. The van der Waals surface area contributed by atoms with Crippen LogP contribution in [0.15, 0.2) is 109 Å². The Hall–Kier alpha value is -2.84. The van der Waals surface area contributed by atoms with E-state index < -0.39 is 20.0 Å². The molecule has 0 aliphatic carbocycles.